The predicted octanol–water partition coefficient (Wildman–Crippen LogP) is 4.06. The predicted molar refractivity (Wildman–Crippen MR) is 88.1 cm³/mol. The maximum Gasteiger partial charge on any atom is 0.0124 e. The molecule has 2 nitrogen and oxygen atoms in total. The Kier molecular flexibility index (Phi) is 5.18. The Morgan fingerprint density at radius 2 is 1.60 bits per heavy atom. The lowest BCUT2D eigenvalue weighted by molar-refractivity contribution is 0.124. The minimum atomic E-state index is 0.229. The Labute approximate surface area is 126 Å². The molecule has 1 heterocycles. The van der Waals surface area contributed by atoms with Gasteiger partial charge < -0.3 is 5.32 Å². The van der Waals surface area contributed by atoms with Crippen LogP contribution < -0.4 is 5.32 Å². The van der Waals surface area contributed by atoms with E-state index >= 15 is 0 Å². The average Bonchev–Trinajstić information content (AvgIpc) is 2.95. The third-order valence-corrected chi connectivity index (χ3v) is 5.09. The molecule has 0 aromatic heterocycles. The molecule has 0 amide bonds. The van der Waals surface area contributed by atoms with Crippen LogP contribution in [0.3, 0.4) is 0 Å². The van der Waals surface area contributed by atoms with Crippen LogP contribution in [0.5, 0.6) is 0 Å². The van der Waals surface area contributed by atoms with Gasteiger partial charge in [-0.25, -0.2) is 0 Å². The molecule has 1 saturated heterocycles. The number of likely N-dealkylation sites (tertiary alicyclic amines) is 1. The molecule has 0 bridgehead atoms. The van der Waals surface area contributed by atoms with Crippen molar-refractivity contribution in [3.05, 3.63) is 0 Å². The number of hydrogen-bond donors (Lipinski definition) is 1. The zero-order chi connectivity index (χ0) is 14.8. The lowest BCUT2D eigenvalue weighted by Crippen LogP contribution is -2.48. The largest absolute Gasteiger partial charge is 0.311 e. The van der Waals surface area contributed by atoms with Crippen LogP contribution in [0.4, 0.5) is 0 Å². The van der Waals surface area contributed by atoms with Crippen molar-refractivity contribution in [2.45, 2.75) is 84.7 Å². The normalized spacial score (nSPS) is 26.6. The highest BCUT2D eigenvalue weighted by Gasteiger charge is 2.35. The van der Waals surface area contributed by atoms with Crippen molar-refractivity contribution in [1.82, 2.24) is 10.2 Å². The fourth-order valence-electron chi connectivity index (χ4n) is 4.03. The van der Waals surface area contributed by atoms with Crippen LogP contribution in [-0.2, 0) is 0 Å². The van der Waals surface area contributed by atoms with Crippen molar-refractivity contribution in [2.24, 2.45) is 11.3 Å². The molecular weight excluding hydrogens is 244 g/mol. The van der Waals surface area contributed by atoms with Gasteiger partial charge in [0.15, 0.2) is 0 Å². The van der Waals surface area contributed by atoms with Crippen molar-refractivity contribution in [2.75, 3.05) is 19.6 Å². The van der Waals surface area contributed by atoms with Crippen molar-refractivity contribution in [3.63, 3.8) is 0 Å². The van der Waals surface area contributed by atoms with E-state index in [1.807, 2.05) is 0 Å². The molecule has 1 saturated carbocycles. The number of rotatable bonds is 5. The van der Waals surface area contributed by atoms with E-state index in [0.29, 0.717) is 5.41 Å². The van der Waals surface area contributed by atoms with Crippen LogP contribution in [0.25, 0.3) is 0 Å². The topological polar surface area (TPSA) is 15.3 Å². The van der Waals surface area contributed by atoms with Gasteiger partial charge in [0, 0.05) is 24.7 Å². The number of nitrogens with one attached hydrogen (secondary N) is 1. The highest BCUT2D eigenvalue weighted by atomic mass is 15.2. The van der Waals surface area contributed by atoms with Crippen LogP contribution >= 0.6 is 0 Å². The molecule has 2 rings (SSSR count). The molecule has 1 aliphatic carbocycles. The maximum atomic E-state index is 3.69. The molecule has 1 unspecified atom stereocenters. The fourth-order valence-corrected chi connectivity index (χ4v) is 4.03. The van der Waals surface area contributed by atoms with Gasteiger partial charge >= 0.3 is 0 Å². The zero-order valence-electron chi connectivity index (χ0n) is 14.5. The minimum absolute atomic E-state index is 0.229. The van der Waals surface area contributed by atoms with Gasteiger partial charge in [-0.15, -0.1) is 0 Å². The summed E-state index contributed by atoms with van der Waals surface area (Å²) in [7, 11) is 0. The van der Waals surface area contributed by atoms with Crippen LogP contribution in [0.2, 0.25) is 0 Å². The first-order valence-corrected chi connectivity index (χ1v) is 8.76. The molecular formula is C18H36N2. The van der Waals surface area contributed by atoms with Gasteiger partial charge in [-0.2, -0.15) is 0 Å². The van der Waals surface area contributed by atoms with E-state index < -0.39 is 0 Å². The smallest absolute Gasteiger partial charge is 0.0124 e. The summed E-state index contributed by atoms with van der Waals surface area (Å²) in [6.45, 7) is 15.4. The molecule has 0 radical (unpaired) electrons. The van der Waals surface area contributed by atoms with Crippen LogP contribution in [0.1, 0.15) is 73.1 Å². The molecule has 1 N–H and O–H groups in total. The van der Waals surface area contributed by atoms with Gasteiger partial charge in [0.05, 0.1) is 0 Å². The monoisotopic (exact) mass is 280 g/mol. The lowest BCUT2D eigenvalue weighted by Gasteiger charge is -2.38. The zero-order valence-corrected chi connectivity index (χ0v) is 14.5. The van der Waals surface area contributed by atoms with Crippen molar-refractivity contribution in [3.8, 4) is 0 Å². The minimum Gasteiger partial charge on any atom is -0.311 e. The summed E-state index contributed by atoms with van der Waals surface area (Å²) in [5.74, 6) is 1.00. The fraction of sp³-hybridized carbons (Fsp3) is 1.00. The third-order valence-electron chi connectivity index (χ3n) is 5.09. The summed E-state index contributed by atoms with van der Waals surface area (Å²) in [4.78, 5) is 2.82. The molecule has 1 atom stereocenters. The van der Waals surface area contributed by atoms with Gasteiger partial charge in [-0.1, -0.05) is 26.7 Å². The summed E-state index contributed by atoms with van der Waals surface area (Å²) in [6, 6.07) is 0.895. The Morgan fingerprint density at radius 3 is 2.20 bits per heavy atom. The van der Waals surface area contributed by atoms with Gasteiger partial charge in [0.2, 0.25) is 0 Å². The van der Waals surface area contributed by atoms with Gasteiger partial charge in [0.1, 0.15) is 0 Å². The first-order valence-electron chi connectivity index (χ1n) is 8.76. The van der Waals surface area contributed by atoms with Crippen LogP contribution in [0, 0.1) is 11.3 Å². The molecule has 2 aliphatic rings. The second-order valence-electron chi connectivity index (χ2n) is 8.99. The molecule has 0 aromatic rings. The highest BCUT2D eigenvalue weighted by molar-refractivity contribution is 4.90. The number of nitrogens with zero attached hydrogens (tertiary/aromatic N) is 1. The van der Waals surface area contributed by atoms with E-state index in [1.165, 1.54) is 51.6 Å². The summed E-state index contributed by atoms with van der Waals surface area (Å²) >= 11 is 0. The Hall–Kier alpha value is -0.0800. The van der Waals surface area contributed by atoms with Crippen molar-refractivity contribution < 1.29 is 0 Å². The second kappa shape index (κ2) is 6.36. The lowest BCUT2D eigenvalue weighted by atomic mass is 9.89. The molecule has 1 aliphatic heterocycles. The third kappa shape index (κ3) is 4.73. The van der Waals surface area contributed by atoms with E-state index in [2.05, 4.69) is 44.8 Å². The first kappa shape index (κ1) is 16.3. The Bertz CT molecular complexity index is 297. The van der Waals surface area contributed by atoms with E-state index in [0.717, 1.165) is 18.5 Å². The van der Waals surface area contributed by atoms with Gasteiger partial charge in [-0.05, 0) is 64.3 Å². The van der Waals surface area contributed by atoms with Gasteiger partial charge in [-0.3, -0.25) is 4.90 Å². The van der Waals surface area contributed by atoms with Crippen LogP contribution in [0.15, 0.2) is 0 Å². The standard InChI is InChI=1S/C18H36N2/c1-17(2,3)19-13-18(4,5)14-20-12-8-11-16(20)15-9-6-7-10-15/h15-16,19H,6-14H2,1-5H3. The second-order valence-corrected chi connectivity index (χ2v) is 8.99. The van der Waals surface area contributed by atoms with E-state index in [1.54, 1.807) is 0 Å². The SMILES string of the molecule is CC(C)(CNC(C)(C)C)CN1CCCC1C1CCCC1. The quantitative estimate of drug-likeness (QED) is 0.817. The molecule has 2 heteroatoms. The first-order chi connectivity index (χ1) is 9.27. The molecule has 118 valence electrons. The summed E-state index contributed by atoms with van der Waals surface area (Å²) in [6.07, 6.45) is 8.80. The molecule has 0 spiro atoms. The van der Waals surface area contributed by atoms with Crippen LogP contribution in [-0.4, -0.2) is 36.1 Å². The average molecular weight is 280 g/mol. The number of hydrogen-bond acceptors (Lipinski definition) is 2. The van der Waals surface area contributed by atoms with Crippen molar-refractivity contribution >= 4 is 0 Å². The Morgan fingerprint density at radius 1 is 0.950 bits per heavy atom. The summed E-state index contributed by atoms with van der Waals surface area (Å²) in [5, 5.41) is 3.69. The summed E-state index contributed by atoms with van der Waals surface area (Å²) in [5.41, 5.74) is 0.599. The van der Waals surface area contributed by atoms with Crippen molar-refractivity contribution in [1.29, 1.82) is 0 Å². The Balaban J connectivity index is 1.86. The van der Waals surface area contributed by atoms with Gasteiger partial charge in [0.25, 0.3) is 0 Å². The molecule has 20 heavy (non-hydrogen) atoms. The van der Waals surface area contributed by atoms with E-state index in [4.69, 9.17) is 0 Å². The summed E-state index contributed by atoms with van der Waals surface area (Å²) < 4.78 is 0. The van der Waals surface area contributed by atoms with E-state index in [-0.39, 0.29) is 5.54 Å². The highest BCUT2D eigenvalue weighted by Crippen LogP contribution is 2.36. The maximum absolute atomic E-state index is 3.69. The molecule has 2 fully saturated rings. The molecule has 0 aromatic carbocycles. The van der Waals surface area contributed by atoms with E-state index in [9.17, 15) is 0 Å².